The van der Waals surface area contributed by atoms with Gasteiger partial charge in [0.15, 0.2) is 5.78 Å². The van der Waals surface area contributed by atoms with Crippen molar-refractivity contribution in [3.05, 3.63) is 21.9 Å². The normalized spacial score (nSPS) is 16.2. The van der Waals surface area contributed by atoms with Gasteiger partial charge in [0.05, 0.1) is 11.4 Å². The summed E-state index contributed by atoms with van der Waals surface area (Å²) in [6.07, 6.45) is 5.47. The summed E-state index contributed by atoms with van der Waals surface area (Å²) in [6.45, 7) is 6.16. The number of carbonyl (C=O) groups excluding carboxylic acids is 2. The van der Waals surface area contributed by atoms with Gasteiger partial charge in [-0.15, -0.1) is 11.3 Å². The van der Waals surface area contributed by atoms with Gasteiger partial charge < -0.3 is 4.90 Å². The number of nitrogens with zero attached hydrogens (tertiary/aromatic N) is 1. The van der Waals surface area contributed by atoms with E-state index in [1.54, 1.807) is 4.90 Å². The second kappa shape index (κ2) is 7.21. The molecule has 21 heavy (non-hydrogen) atoms. The van der Waals surface area contributed by atoms with Gasteiger partial charge in [-0.3, -0.25) is 9.59 Å². The van der Waals surface area contributed by atoms with Crippen LogP contribution in [0, 0.1) is 12.8 Å². The SMILES string of the molecule is Cc1ccsc1C(=O)CN(C(=O)C1CCCCC1)C(C)C. The first-order valence-electron chi connectivity index (χ1n) is 7.88. The third kappa shape index (κ3) is 3.94. The lowest BCUT2D eigenvalue weighted by Crippen LogP contribution is -2.44. The van der Waals surface area contributed by atoms with E-state index < -0.39 is 0 Å². The molecule has 1 aliphatic rings. The molecule has 1 aromatic rings. The molecule has 1 aromatic heterocycles. The van der Waals surface area contributed by atoms with Crippen molar-refractivity contribution in [1.29, 1.82) is 0 Å². The maximum absolute atomic E-state index is 12.7. The van der Waals surface area contributed by atoms with Crippen molar-refractivity contribution in [2.24, 2.45) is 5.92 Å². The maximum Gasteiger partial charge on any atom is 0.226 e. The predicted molar refractivity (Wildman–Crippen MR) is 86.8 cm³/mol. The lowest BCUT2D eigenvalue weighted by Gasteiger charge is -2.31. The van der Waals surface area contributed by atoms with Crippen LogP contribution in [0.1, 0.15) is 61.2 Å². The van der Waals surface area contributed by atoms with E-state index in [1.807, 2.05) is 32.2 Å². The van der Waals surface area contributed by atoms with Crippen LogP contribution in [-0.4, -0.2) is 29.2 Å². The lowest BCUT2D eigenvalue weighted by atomic mass is 9.88. The Morgan fingerprint density at radius 1 is 1.29 bits per heavy atom. The molecule has 1 aliphatic carbocycles. The monoisotopic (exact) mass is 307 g/mol. The van der Waals surface area contributed by atoms with Crippen LogP contribution in [0.3, 0.4) is 0 Å². The van der Waals surface area contributed by atoms with Gasteiger partial charge in [-0.25, -0.2) is 0 Å². The van der Waals surface area contributed by atoms with Gasteiger partial charge in [-0.2, -0.15) is 0 Å². The van der Waals surface area contributed by atoms with Crippen LogP contribution in [0.4, 0.5) is 0 Å². The maximum atomic E-state index is 12.7. The van der Waals surface area contributed by atoms with Crippen LogP contribution in [0.25, 0.3) is 0 Å². The lowest BCUT2D eigenvalue weighted by molar-refractivity contribution is -0.137. The molecular weight excluding hydrogens is 282 g/mol. The highest BCUT2D eigenvalue weighted by Gasteiger charge is 2.29. The van der Waals surface area contributed by atoms with E-state index in [-0.39, 0.29) is 30.2 Å². The molecule has 0 aliphatic heterocycles. The zero-order chi connectivity index (χ0) is 15.4. The van der Waals surface area contributed by atoms with Gasteiger partial charge in [0.1, 0.15) is 0 Å². The van der Waals surface area contributed by atoms with Gasteiger partial charge in [0, 0.05) is 12.0 Å². The van der Waals surface area contributed by atoms with Crippen molar-refractivity contribution < 1.29 is 9.59 Å². The molecule has 0 aromatic carbocycles. The van der Waals surface area contributed by atoms with Crippen molar-refractivity contribution >= 4 is 23.0 Å². The first-order chi connectivity index (χ1) is 10.0. The molecule has 0 N–H and O–H groups in total. The number of ketones is 1. The Bertz CT molecular complexity index is 501. The van der Waals surface area contributed by atoms with Crippen LogP contribution in [0.2, 0.25) is 0 Å². The third-order valence-electron chi connectivity index (χ3n) is 4.29. The minimum Gasteiger partial charge on any atom is -0.332 e. The van der Waals surface area contributed by atoms with E-state index in [0.29, 0.717) is 0 Å². The van der Waals surface area contributed by atoms with Crippen LogP contribution in [0.5, 0.6) is 0 Å². The molecule has 0 radical (unpaired) electrons. The molecule has 4 heteroatoms. The fourth-order valence-corrected chi connectivity index (χ4v) is 3.84. The zero-order valence-corrected chi connectivity index (χ0v) is 14.0. The summed E-state index contributed by atoms with van der Waals surface area (Å²) in [7, 11) is 0. The number of thiophene rings is 1. The fourth-order valence-electron chi connectivity index (χ4n) is 2.98. The van der Waals surface area contributed by atoms with Crippen molar-refractivity contribution in [2.75, 3.05) is 6.54 Å². The van der Waals surface area contributed by atoms with Gasteiger partial charge in [-0.05, 0) is 50.6 Å². The third-order valence-corrected chi connectivity index (χ3v) is 5.35. The highest BCUT2D eigenvalue weighted by Crippen LogP contribution is 2.26. The van der Waals surface area contributed by atoms with Crippen molar-refractivity contribution in [1.82, 2.24) is 4.90 Å². The molecule has 0 unspecified atom stereocenters. The molecule has 1 fully saturated rings. The van der Waals surface area contributed by atoms with Gasteiger partial charge >= 0.3 is 0 Å². The molecule has 1 amide bonds. The average Bonchev–Trinajstić information content (AvgIpc) is 2.90. The molecule has 1 saturated carbocycles. The van der Waals surface area contributed by atoms with Crippen molar-refractivity contribution in [2.45, 2.75) is 58.9 Å². The summed E-state index contributed by atoms with van der Waals surface area (Å²) >= 11 is 1.47. The second-order valence-corrected chi connectivity index (χ2v) is 7.17. The number of hydrogen-bond acceptors (Lipinski definition) is 3. The highest BCUT2D eigenvalue weighted by atomic mass is 32.1. The second-order valence-electron chi connectivity index (χ2n) is 6.25. The number of Topliss-reactive ketones (excluding diaryl/α,β-unsaturated/α-hetero) is 1. The summed E-state index contributed by atoms with van der Waals surface area (Å²) in [6, 6.07) is 2.03. The molecular formula is C17H25NO2S. The minimum absolute atomic E-state index is 0.0698. The molecule has 116 valence electrons. The van der Waals surface area contributed by atoms with E-state index in [9.17, 15) is 9.59 Å². The summed E-state index contributed by atoms with van der Waals surface area (Å²) in [5, 5.41) is 1.94. The van der Waals surface area contributed by atoms with Crippen molar-refractivity contribution in [3.63, 3.8) is 0 Å². The van der Waals surface area contributed by atoms with Gasteiger partial charge in [0.2, 0.25) is 5.91 Å². The van der Waals surface area contributed by atoms with Gasteiger partial charge in [-0.1, -0.05) is 19.3 Å². The number of aryl methyl sites for hydroxylation is 1. The number of carbonyl (C=O) groups is 2. The van der Waals surface area contributed by atoms with Crippen LogP contribution in [-0.2, 0) is 4.79 Å². The molecule has 0 spiro atoms. The largest absolute Gasteiger partial charge is 0.332 e. The smallest absolute Gasteiger partial charge is 0.226 e. The Morgan fingerprint density at radius 3 is 2.48 bits per heavy atom. The molecule has 3 nitrogen and oxygen atoms in total. The fraction of sp³-hybridized carbons (Fsp3) is 0.647. The quantitative estimate of drug-likeness (QED) is 0.769. The Hall–Kier alpha value is -1.16. The topological polar surface area (TPSA) is 37.4 Å². The Balaban J connectivity index is 2.06. The minimum atomic E-state index is 0.0698. The van der Waals surface area contributed by atoms with E-state index in [4.69, 9.17) is 0 Å². The molecule has 0 saturated heterocycles. The standard InChI is InChI=1S/C17H25NO2S/c1-12(2)18(17(20)14-7-5-4-6-8-14)11-15(19)16-13(3)9-10-21-16/h9-10,12,14H,4-8,11H2,1-3H3. The summed E-state index contributed by atoms with van der Waals surface area (Å²) in [4.78, 5) is 27.7. The summed E-state index contributed by atoms with van der Waals surface area (Å²) in [5.74, 6) is 0.367. The highest BCUT2D eigenvalue weighted by molar-refractivity contribution is 7.12. The molecule has 2 rings (SSSR count). The number of rotatable bonds is 5. The average molecular weight is 307 g/mol. The van der Waals surface area contributed by atoms with Crippen LogP contribution in [0.15, 0.2) is 11.4 Å². The van der Waals surface area contributed by atoms with E-state index >= 15 is 0 Å². The zero-order valence-electron chi connectivity index (χ0n) is 13.2. The Morgan fingerprint density at radius 2 is 1.95 bits per heavy atom. The number of hydrogen-bond donors (Lipinski definition) is 0. The molecule has 1 heterocycles. The predicted octanol–water partition coefficient (Wildman–Crippen LogP) is 4.06. The van der Waals surface area contributed by atoms with E-state index in [1.165, 1.54) is 17.8 Å². The van der Waals surface area contributed by atoms with Crippen LogP contribution >= 0.6 is 11.3 Å². The summed E-state index contributed by atoms with van der Waals surface area (Å²) < 4.78 is 0. The molecule has 0 atom stereocenters. The van der Waals surface area contributed by atoms with Gasteiger partial charge in [0.25, 0.3) is 0 Å². The first kappa shape index (κ1) is 16.2. The van der Waals surface area contributed by atoms with Crippen LogP contribution < -0.4 is 0 Å². The first-order valence-corrected chi connectivity index (χ1v) is 8.76. The van der Waals surface area contributed by atoms with E-state index in [2.05, 4.69) is 0 Å². The Kier molecular flexibility index (Phi) is 5.57. The van der Waals surface area contributed by atoms with Crippen molar-refractivity contribution in [3.8, 4) is 0 Å². The number of amides is 1. The molecule has 0 bridgehead atoms. The summed E-state index contributed by atoms with van der Waals surface area (Å²) in [5.41, 5.74) is 1.01. The van der Waals surface area contributed by atoms with E-state index in [0.717, 1.165) is 36.1 Å². The Labute approximate surface area is 131 Å².